The summed E-state index contributed by atoms with van der Waals surface area (Å²) < 4.78 is 1.49. The standard InChI is InChI=1S/C25H33N5O4/c1-2-15-6-5-7-16(10-15)27-24(34)19-11-25(14-31)12-20(25)30(19)21(32)13-29-18-9-4-3-8-17(18)22(28-29)23(26)33/h3-4,8-9,15-16,19-20,31H,2,5-7,10-14H2,1H3,(H2,26,33)(H,27,34)/t15?,16?,19-,20+,25-/m0/s1. The lowest BCUT2D eigenvalue weighted by atomic mass is 9.84. The van der Waals surface area contributed by atoms with E-state index in [-0.39, 0.29) is 48.2 Å². The van der Waals surface area contributed by atoms with Crippen molar-refractivity contribution in [1.29, 1.82) is 0 Å². The first-order valence-corrected chi connectivity index (χ1v) is 12.3. The summed E-state index contributed by atoms with van der Waals surface area (Å²) in [6.45, 7) is 2.05. The number of nitrogens with zero attached hydrogens (tertiary/aromatic N) is 3. The van der Waals surface area contributed by atoms with Gasteiger partial charge in [0.25, 0.3) is 5.91 Å². The van der Waals surface area contributed by atoms with E-state index >= 15 is 0 Å². The second kappa shape index (κ2) is 8.69. The summed E-state index contributed by atoms with van der Waals surface area (Å²) in [7, 11) is 0. The van der Waals surface area contributed by atoms with Crippen molar-refractivity contribution in [3.8, 4) is 0 Å². The number of primary amides is 1. The van der Waals surface area contributed by atoms with Crippen LogP contribution in [0.25, 0.3) is 10.9 Å². The number of rotatable bonds is 7. The average Bonchev–Trinajstić information content (AvgIpc) is 3.26. The van der Waals surface area contributed by atoms with Crippen LogP contribution in [-0.4, -0.2) is 62.2 Å². The Morgan fingerprint density at radius 3 is 2.76 bits per heavy atom. The first-order chi connectivity index (χ1) is 16.4. The number of fused-ring (bicyclic) bond motifs is 2. The number of para-hydroxylation sites is 1. The second-order valence-electron chi connectivity index (χ2n) is 10.3. The highest BCUT2D eigenvalue weighted by molar-refractivity contribution is 6.04. The molecule has 182 valence electrons. The van der Waals surface area contributed by atoms with Gasteiger partial charge in [0, 0.05) is 22.9 Å². The van der Waals surface area contributed by atoms with Crippen molar-refractivity contribution in [1.82, 2.24) is 20.0 Å². The summed E-state index contributed by atoms with van der Waals surface area (Å²) in [5.41, 5.74) is 5.87. The van der Waals surface area contributed by atoms with Crippen LogP contribution in [0.1, 0.15) is 62.4 Å². The molecule has 4 N–H and O–H groups in total. The zero-order chi connectivity index (χ0) is 24.0. The fraction of sp³-hybridized carbons (Fsp3) is 0.600. The molecule has 1 aliphatic heterocycles. The molecule has 1 aromatic heterocycles. The van der Waals surface area contributed by atoms with Crippen LogP contribution in [0.3, 0.4) is 0 Å². The molecule has 9 heteroatoms. The summed E-state index contributed by atoms with van der Waals surface area (Å²) in [5.74, 6) is -0.388. The van der Waals surface area contributed by atoms with E-state index in [0.29, 0.717) is 29.7 Å². The number of hydrogen-bond donors (Lipinski definition) is 3. The minimum absolute atomic E-state index is 0.0386. The second-order valence-corrected chi connectivity index (χ2v) is 10.3. The topological polar surface area (TPSA) is 131 Å². The Balaban J connectivity index is 1.36. The van der Waals surface area contributed by atoms with Crippen LogP contribution in [0.5, 0.6) is 0 Å². The van der Waals surface area contributed by atoms with Crippen LogP contribution in [-0.2, 0) is 16.1 Å². The Hall–Kier alpha value is -2.94. The minimum atomic E-state index is -0.653. The molecule has 2 unspecified atom stereocenters. The lowest BCUT2D eigenvalue weighted by molar-refractivity contribution is -0.140. The van der Waals surface area contributed by atoms with Crippen molar-refractivity contribution in [2.45, 2.75) is 76.5 Å². The maximum absolute atomic E-state index is 13.5. The molecule has 2 aromatic rings. The van der Waals surface area contributed by atoms with Gasteiger partial charge in [0.1, 0.15) is 12.6 Å². The van der Waals surface area contributed by atoms with E-state index < -0.39 is 11.9 Å². The number of nitrogens with two attached hydrogens (primary N) is 1. The number of carbonyl (C=O) groups excluding carboxylic acids is 3. The number of piperidine rings is 1. The van der Waals surface area contributed by atoms with Crippen molar-refractivity contribution in [3.63, 3.8) is 0 Å². The Bertz CT molecular complexity index is 1130. The number of aliphatic hydroxyl groups excluding tert-OH is 1. The van der Waals surface area contributed by atoms with Gasteiger partial charge in [0.15, 0.2) is 5.69 Å². The number of nitrogens with one attached hydrogen (secondary N) is 1. The molecular weight excluding hydrogens is 434 g/mol. The van der Waals surface area contributed by atoms with Crippen LogP contribution in [0, 0.1) is 11.3 Å². The number of hydrogen-bond acceptors (Lipinski definition) is 5. The number of amides is 3. The maximum Gasteiger partial charge on any atom is 0.269 e. The summed E-state index contributed by atoms with van der Waals surface area (Å²) >= 11 is 0. The lowest BCUT2D eigenvalue weighted by Gasteiger charge is -2.32. The van der Waals surface area contributed by atoms with E-state index in [9.17, 15) is 19.5 Å². The minimum Gasteiger partial charge on any atom is -0.396 e. The van der Waals surface area contributed by atoms with Crippen LogP contribution >= 0.6 is 0 Å². The Morgan fingerprint density at radius 1 is 1.24 bits per heavy atom. The molecule has 2 heterocycles. The predicted molar refractivity (Wildman–Crippen MR) is 126 cm³/mol. The Morgan fingerprint density at radius 2 is 2.03 bits per heavy atom. The van der Waals surface area contributed by atoms with Gasteiger partial charge in [-0.1, -0.05) is 44.4 Å². The van der Waals surface area contributed by atoms with Gasteiger partial charge in [0.2, 0.25) is 11.8 Å². The van der Waals surface area contributed by atoms with Crippen molar-refractivity contribution < 1.29 is 19.5 Å². The SMILES string of the molecule is CCC1CCCC(NC(=O)[C@@H]2C[C@@]3(CO)C[C@H]3N2C(=O)Cn2nc(C(N)=O)c3ccccc32)C1. The monoisotopic (exact) mass is 467 g/mol. The maximum atomic E-state index is 13.5. The average molecular weight is 468 g/mol. The third kappa shape index (κ3) is 3.85. The molecule has 3 aliphatic rings. The molecule has 2 saturated carbocycles. The summed E-state index contributed by atoms with van der Waals surface area (Å²) in [6.07, 6.45) is 6.54. The number of aromatic nitrogens is 2. The highest BCUT2D eigenvalue weighted by Crippen LogP contribution is 2.59. The van der Waals surface area contributed by atoms with Gasteiger partial charge >= 0.3 is 0 Å². The zero-order valence-corrected chi connectivity index (χ0v) is 19.6. The fourth-order valence-electron chi connectivity index (χ4n) is 6.17. The van der Waals surface area contributed by atoms with Gasteiger partial charge in [-0.15, -0.1) is 0 Å². The van der Waals surface area contributed by atoms with E-state index in [4.69, 9.17) is 5.73 Å². The molecule has 3 amide bonds. The van der Waals surface area contributed by atoms with Crippen molar-refractivity contribution in [2.24, 2.45) is 17.1 Å². The van der Waals surface area contributed by atoms with Gasteiger partial charge in [-0.3, -0.25) is 19.1 Å². The van der Waals surface area contributed by atoms with E-state index in [1.807, 2.05) is 6.07 Å². The molecule has 1 aromatic carbocycles. The number of benzene rings is 1. The highest BCUT2D eigenvalue weighted by atomic mass is 16.3. The van der Waals surface area contributed by atoms with E-state index in [2.05, 4.69) is 17.3 Å². The number of aliphatic hydroxyl groups is 1. The molecule has 1 saturated heterocycles. The summed E-state index contributed by atoms with van der Waals surface area (Å²) in [4.78, 5) is 40.4. The zero-order valence-electron chi connectivity index (χ0n) is 19.6. The molecular formula is C25H33N5O4. The first kappa shape index (κ1) is 22.8. The van der Waals surface area contributed by atoms with Crippen LogP contribution in [0.4, 0.5) is 0 Å². The van der Waals surface area contributed by atoms with Crippen LogP contribution < -0.4 is 11.1 Å². The molecule has 34 heavy (non-hydrogen) atoms. The number of carbonyl (C=O) groups is 3. The quantitative estimate of drug-likeness (QED) is 0.569. The Kier molecular flexibility index (Phi) is 5.83. The van der Waals surface area contributed by atoms with Gasteiger partial charge in [0.05, 0.1) is 12.1 Å². The molecule has 5 rings (SSSR count). The molecule has 9 nitrogen and oxygen atoms in total. The van der Waals surface area contributed by atoms with Gasteiger partial charge in [-0.25, -0.2) is 0 Å². The van der Waals surface area contributed by atoms with Gasteiger partial charge in [-0.05, 0) is 37.7 Å². The van der Waals surface area contributed by atoms with E-state index in [0.717, 1.165) is 25.7 Å². The van der Waals surface area contributed by atoms with E-state index in [1.54, 1.807) is 23.1 Å². The normalized spacial score (nSPS) is 30.2. The molecule has 0 bridgehead atoms. The largest absolute Gasteiger partial charge is 0.396 e. The van der Waals surface area contributed by atoms with Gasteiger partial charge < -0.3 is 21.1 Å². The summed E-state index contributed by atoms with van der Waals surface area (Å²) in [6, 6.07) is 6.54. The molecule has 3 fully saturated rings. The smallest absolute Gasteiger partial charge is 0.269 e. The van der Waals surface area contributed by atoms with Crippen molar-refractivity contribution in [3.05, 3.63) is 30.0 Å². The molecule has 2 aliphatic carbocycles. The molecule has 0 spiro atoms. The highest BCUT2D eigenvalue weighted by Gasteiger charge is 2.66. The van der Waals surface area contributed by atoms with Gasteiger partial charge in [-0.2, -0.15) is 5.10 Å². The van der Waals surface area contributed by atoms with Crippen molar-refractivity contribution in [2.75, 3.05) is 6.61 Å². The molecule has 5 atom stereocenters. The number of likely N-dealkylation sites (tertiary alicyclic amines) is 1. The van der Waals surface area contributed by atoms with E-state index in [1.165, 1.54) is 11.1 Å². The Labute approximate surface area is 198 Å². The lowest BCUT2D eigenvalue weighted by Crippen LogP contribution is -2.51. The summed E-state index contributed by atoms with van der Waals surface area (Å²) in [5, 5.41) is 18.1. The first-order valence-electron chi connectivity index (χ1n) is 12.3. The van der Waals surface area contributed by atoms with Crippen LogP contribution in [0.15, 0.2) is 24.3 Å². The predicted octanol–water partition coefficient (Wildman–Crippen LogP) is 1.57. The third-order valence-corrected chi connectivity index (χ3v) is 8.21. The molecule has 0 radical (unpaired) electrons. The van der Waals surface area contributed by atoms with Crippen LogP contribution in [0.2, 0.25) is 0 Å². The fourth-order valence-corrected chi connectivity index (χ4v) is 6.17. The third-order valence-electron chi connectivity index (χ3n) is 8.21. The van der Waals surface area contributed by atoms with Crippen molar-refractivity contribution >= 4 is 28.6 Å².